The average Bonchev–Trinajstić information content (AvgIpc) is 2.62. The van der Waals surface area contributed by atoms with Crippen molar-refractivity contribution in [1.29, 1.82) is 0 Å². The number of hydrogen-bond acceptors (Lipinski definition) is 5. The van der Waals surface area contributed by atoms with E-state index in [1.807, 2.05) is 30.6 Å². The van der Waals surface area contributed by atoms with Crippen molar-refractivity contribution in [1.82, 2.24) is 24.8 Å². The van der Waals surface area contributed by atoms with E-state index >= 15 is 0 Å². The van der Waals surface area contributed by atoms with Crippen LogP contribution in [0.4, 0.5) is 0 Å². The predicted octanol–water partition coefficient (Wildman–Crippen LogP) is 2.84. The Morgan fingerprint density at radius 3 is 2.67 bits per heavy atom. The Hall–Kier alpha value is -1.85. The minimum atomic E-state index is 0.677. The van der Waals surface area contributed by atoms with Crippen molar-refractivity contribution in [2.75, 3.05) is 27.2 Å². The van der Waals surface area contributed by atoms with Gasteiger partial charge < -0.3 is 4.90 Å². The average molecular weight is 325 g/mol. The van der Waals surface area contributed by atoms with Crippen LogP contribution in [0.1, 0.15) is 31.2 Å². The smallest absolute Gasteiger partial charge is 0.178 e. The van der Waals surface area contributed by atoms with E-state index in [4.69, 9.17) is 0 Å². The third kappa shape index (κ3) is 4.58. The van der Waals surface area contributed by atoms with E-state index in [1.165, 1.54) is 37.8 Å². The lowest BCUT2D eigenvalue weighted by atomic mass is 9.98. The Balaban J connectivity index is 1.63. The Kier molecular flexibility index (Phi) is 5.88. The molecular weight excluding hydrogens is 298 g/mol. The van der Waals surface area contributed by atoms with E-state index < -0.39 is 0 Å². The van der Waals surface area contributed by atoms with Gasteiger partial charge in [-0.05, 0) is 58.6 Å². The van der Waals surface area contributed by atoms with Gasteiger partial charge in [-0.25, -0.2) is 9.97 Å². The minimum Gasteiger partial charge on any atom is -0.309 e. The van der Waals surface area contributed by atoms with Gasteiger partial charge in [-0.3, -0.25) is 9.88 Å². The van der Waals surface area contributed by atoms with Crippen LogP contribution >= 0.6 is 0 Å². The molecule has 0 bridgehead atoms. The first-order valence-corrected chi connectivity index (χ1v) is 8.83. The summed E-state index contributed by atoms with van der Waals surface area (Å²) in [6, 6.07) is 6.48. The maximum atomic E-state index is 4.51. The number of likely N-dealkylation sites (tertiary alicyclic amines) is 1. The molecule has 2 aromatic heterocycles. The third-order valence-corrected chi connectivity index (χ3v) is 4.64. The van der Waals surface area contributed by atoms with Crippen LogP contribution in [0.3, 0.4) is 0 Å². The second kappa shape index (κ2) is 8.31. The Morgan fingerprint density at radius 1 is 1.12 bits per heavy atom. The first-order valence-electron chi connectivity index (χ1n) is 8.83. The Labute approximate surface area is 144 Å². The van der Waals surface area contributed by atoms with Gasteiger partial charge in [-0.2, -0.15) is 0 Å². The summed E-state index contributed by atoms with van der Waals surface area (Å²) in [5.74, 6) is 0.696. The van der Waals surface area contributed by atoms with E-state index in [0.29, 0.717) is 11.9 Å². The van der Waals surface area contributed by atoms with E-state index in [-0.39, 0.29) is 0 Å². The summed E-state index contributed by atoms with van der Waals surface area (Å²) in [6.45, 7) is 3.27. The monoisotopic (exact) mass is 325 g/mol. The number of rotatable bonds is 6. The molecule has 5 heteroatoms. The lowest BCUT2D eigenvalue weighted by Crippen LogP contribution is -2.40. The minimum absolute atomic E-state index is 0.677. The molecule has 0 amide bonds. The van der Waals surface area contributed by atoms with Gasteiger partial charge in [0.15, 0.2) is 5.82 Å². The molecule has 0 radical (unpaired) electrons. The highest BCUT2D eigenvalue weighted by molar-refractivity contribution is 5.47. The van der Waals surface area contributed by atoms with E-state index in [9.17, 15) is 0 Å². The molecule has 0 aliphatic carbocycles. The first-order chi connectivity index (χ1) is 11.7. The lowest BCUT2D eigenvalue weighted by molar-refractivity contribution is 0.124. The van der Waals surface area contributed by atoms with Crippen molar-refractivity contribution in [3.05, 3.63) is 42.4 Å². The first kappa shape index (κ1) is 17.0. The molecule has 2 aromatic rings. The quantitative estimate of drug-likeness (QED) is 0.817. The van der Waals surface area contributed by atoms with E-state index in [0.717, 1.165) is 18.8 Å². The summed E-state index contributed by atoms with van der Waals surface area (Å²) < 4.78 is 0. The molecule has 1 fully saturated rings. The van der Waals surface area contributed by atoms with E-state index in [1.54, 1.807) is 6.20 Å². The van der Waals surface area contributed by atoms with Gasteiger partial charge in [-0.15, -0.1) is 0 Å². The zero-order chi connectivity index (χ0) is 16.8. The summed E-state index contributed by atoms with van der Waals surface area (Å²) in [5.41, 5.74) is 2.01. The van der Waals surface area contributed by atoms with Gasteiger partial charge in [0.05, 0.1) is 0 Å². The molecule has 0 aromatic carbocycles. The molecule has 5 nitrogen and oxygen atoms in total. The van der Waals surface area contributed by atoms with Crippen molar-refractivity contribution < 1.29 is 0 Å². The second-order valence-electron chi connectivity index (χ2n) is 6.84. The van der Waals surface area contributed by atoms with Crippen LogP contribution in [0, 0.1) is 0 Å². The lowest BCUT2D eigenvalue weighted by Gasteiger charge is -2.36. The Morgan fingerprint density at radius 2 is 1.96 bits per heavy atom. The highest BCUT2D eigenvalue weighted by Crippen LogP contribution is 2.22. The number of hydrogen-bond donors (Lipinski definition) is 0. The molecule has 1 saturated heterocycles. The van der Waals surface area contributed by atoms with Gasteiger partial charge in [-0.1, -0.05) is 12.5 Å². The SMILES string of the molecule is CN(C)CC[C@H]1CCCCN1Cc1cnc(-c2ccccn2)nc1. The van der Waals surface area contributed by atoms with Crippen molar-refractivity contribution in [2.45, 2.75) is 38.3 Å². The summed E-state index contributed by atoms with van der Waals surface area (Å²) in [4.78, 5) is 18.2. The fourth-order valence-electron chi connectivity index (χ4n) is 3.30. The van der Waals surface area contributed by atoms with Crippen molar-refractivity contribution >= 4 is 0 Å². The number of nitrogens with zero attached hydrogens (tertiary/aromatic N) is 5. The molecule has 3 rings (SSSR count). The predicted molar refractivity (Wildman–Crippen MR) is 96.5 cm³/mol. The molecule has 1 aliphatic heterocycles. The van der Waals surface area contributed by atoms with Crippen LogP contribution in [0.15, 0.2) is 36.8 Å². The summed E-state index contributed by atoms with van der Waals surface area (Å²) >= 11 is 0. The highest BCUT2D eigenvalue weighted by atomic mass is 15.2. The van der Waals surface area contributed by atoms with Gasteiger partial charge in [0.1, 0.15) is 5.69 Å². The standard InChI is InChI=1S/C19H27N5/c1-23(2)12-9-17-7-4-6-11-24(17)15-16-13-21-19(22-14-16)18-8-3-5-10-20-18/h3,5,8,10,13-14,17H,4,6-7,9,11-12,15H2,1-2H3/t17-/m1/s1. The topological polar surface area (TPSA) is 45.2 Å². The maximum Gasteiger partial charge on any atom is 0.178 e. The number of aromatic nitrogens is 3. The van der Waals surface area contributed by atoms with Crippen LogP contribution in [0.5, 0.6) is 0 Å². The highest BCUT2D eigenvalue weighted by Gasteiger charge is 2.22. The molecule has 0 unspecified atom stereocenters. The van der Waals surface area contributed by atoms with Crippen LogP contribution in [-0.4, -0.2) is 58.0 Å². The van der Waals surface area contributed by atoms with Crippen molar-refractivity contribution in [2.24, 2.45) is 0 Å². The third-order valence-electron chi connectivity index (χ3n) is 4.64. The molecule has 1 aliphatic rings. The normalized spacial score (nSPS) is 18.9. The zero-order valence-electron chi connectivity index (χ0n) is 14.7. The molecule has 3 heterocycles. The van der Waals surface area contributed by atoms with Gasteiger partial charge in [0.25, 0.3) is 0 Å². The van der Waals surface area contributed by atoms with Gasteiger partial charge >= 0.3 is 0 Å². The molecular formula is C19H27N5. The summed E-state index contributed by atoms with van der Waals surface area (Å²) in [6.07, 6.45) is 10.9. The fraction of sp³-hybridized carbons (Fsp3) is 0.526. The van der Waals surface area contributed by atoms with Crippen LogP contribution in [0.2, 0.25) is 0 Å². The Bertz CT molecular complexity index is 611. The van der Waals surface area contributed by atoms with Crippen LogP contribution in [0.25, 0.3) is 11.5 Å². The number of piperidine rings is 1. The summed E-state index contributed by atoms with van der Waals surface area (Å²) in [7, 11) is 4.30. The van der Waals surface area contributed by atoms with E-state index in [2.05, 4.69) is 38.8 Å². The molecule has 0 spiro atoms. The maximum absolute atomic E-state index is 4.51. The number of pyridine rings is 1. The molecule has 24 heavy (non-hydrogen) atoms. The zero-order valence-corrected chi connectivity index (χ0v) is 14.7. The van der Waals surface area contributed by atoms with Crippen LogP contribution in [-0.2, 0) is 6.54 Å². The van der Waals surface area contributed by atoms with Gasteiger partial charge in [0.2, 0.25) is 0 Å². The van der Waals surface area contributed by atoms with Crippen LogP contribution < -0.4 is 0 Å². The second-order valence-corrected chi connectivity index (χ2v) is 6.84. The summed E-state index contributed by atoms with van der Waals surface area (Å²) in [5, 5.41) is 0. The van der Waals surface area contributed by atoms with Crippen molar-refractivity contribution in [3.8, 4) is 11.5 Å². The fourth-order valence-corrected chi connectivity index (χ4v) is 3.30. The largest absolute Gasteiger partial charge is 0.309 e. The van der Waals surface area contributed by atoms with Crippen molar-refractivity contribution in [3.63, 3.8) is 0 Å². The molecule has 0 saturated carbocycles. The molecule has 1 atom stereocenters. The molecule has 0 N–H and O–H groups in total. The molecule has 128 valence electrons. The van der Waals surface area contributed by atoms with Gasteiger partial charge in [0, 0.05) is 36.7 Å².